The summed E-state index contributed by atoms with van der Waals surface area (Å²) in [5.74, 6) is 0. The van der Waals surface area contributed by atoms with Gasteiger partial charge in [-0.2, -0.15) is 0 Å². The standard InChI is InChI=1S/C14H19N/c1-2-10-15(11-3-1)14-9-5-7-12-6-4-8-13(12)14/h5,7,9H,1-4,6,8,10-11H2. The average molecular weight is 201 g/mol. The zero-order chi connectivity index (χ0) is 10.1. The third-order valence-corrected chi connectivity index (χ3v) is 3.82. The number of rotatable bonds is 1. The van der Waals surface area contributed by atoms with Crippen molar-refractivity contribution in [1.29, 1.82) is 0 Å². The van der Waals surface area contributed by atoms with Crippen LogP contribution in [0.25, 0.3) is 0 Å². The third-order valence-electron chi connectivity index (χ3n) is 3.82. The molecule has 1 fully saturated rings. The first-order valence-corrected chi connectivity index (χ1v) is 6.31. The van der Waals surface area contributed by atoms with E-state index in [1.807, 2.05) is 0 Å². The van der Waals surface area contributed by atoms with Crippen LogP contribution in [0.4, 0.5) is 5.69 Å². The van der Waals surface area contributed by atoms with Gasteiger partial charge < -0.3 is 4.90 Å². The second-order valence-corrected chi connectivity index (χ2v) is 4.82. The highest BCUT2D eigenvalue weighted by atomic mass is 15.1. The number of aryl methyl sites for hydroxylation is 1. The van der Waals surface area contributed by atoms with Gasteiger partial charge in [-0.1, -0.05) is 12.1 Å². The molecule has 0 bridgehead atoms. The first-order valence-electron chi connectivity index (χ1n) is 6.31. The number of piperidine rings is 1. The van der Waals surface area contributed by atoms with Gasteiger partial charge in [-0.15, -0.1) is 0 Å². The number of nitrogens with zero attached hydrogens (tertiary/aromatic N) is 1. The zero-order valence-electron chi connectivity index (χ0n) is 9.34. The van der Waals surface area contributed by atoms with Gasteiger partial charge in [-0.25, -0.2) is 0 Å². The number of fused-ring (bicyclic) bond motifs is 1. The smallest absolute Gasteiger partial charge is 0.0401 e. The predicted molar refractivity (Wildman–Crippen MR) is 64.5 cm³/mol. The number of anilines is 1. The molecule has 0 N–H and O–H groups in total. The molecule has 15 heavy (non-hydrogen) atoms. The summed E-state index contributed by atoms with van der Waals surface area (Å²) in [5, 5.41) is 0. The third kappa shape index (κ3) is 1.64. The summed E-state index contributed by atoms with van der Waals surface area (Å²) in [4.78, 5) is 2.60. The summed E-state index contributed by atoms with van der Waals surface area (Å²) < 4.78 is 0. The number of hydrogen-bond acceptors (Lipinski definition) is 1. The van der Waals surface area contributed by atoms with E-state index in [1.165, 1.54) is 51.6 Å². The van der Waals surface area contributed by atoms with E-state index in [-0.39, 0.29) is 0 Å². The fraction of sp³-hybridized carbons (Fsp3) is 0.571. The number of benzene rings is 1. The summed E-state index contributed by atoms with van der Waals surface area (Å²) >= 11 is 0. The lowest BCUT2D eigenvalue weighted by Gasteiger charge is -2.30. The van der Waals surface area contributed by atoms with E-state index in [9.17, 15) is 0 Å². The highest BCUT2D eigenvalue weighted by Gasteiger charge is 2.19. The molecule has 1 saturated heterocycles. The molecule has 0 atom stereocenters. The van der Waals surface area contributed by atoms with Crippen LogP contribution in [0, 0.1) is 0 Å². The molecule has 0 saturated carbocycles. The van der Waals surface area contributed by atoms with Gasteiger partial charge in [0.1, 0.15) is 0 Å². The van der Waals surface area contributed by atoms with Gasteiger partial charge in [0.15, 0.2) is 0 Å². The lowest BCUT2D eigenvalue weighted by Crippen LogP contribution is -2.30. The summed E-state index contributed by atoms with van der Waals surface area (Å²) in [6, 6.07) is 6.89. The van der Waals surface area contributed by atoms with Crippen molar-refractivity contribution in [2.45, 2.75) is 38.5 Å². The molecule has 1 aliphatic heterocycles. The van der Waals surface area contributed by atoms with Crippen molar-refractivity contribution in [2.24, 2.45) is 0 Å². The van der Waals surface area contributed by atoms with Gasteiger partial charge >= 0.3 is 0 Å². The van der Waals surface area contributed by atoms with Crippen molar-refractivity contribution in [3.63, 3.8) is 0 Å². The Morgan fingerprint density at radius 3 is 2.60 bits per heavy atom. The maximum atomic E-state index is 2.60. The SMILES string of the molecule is c1cc2c(c(N3CCCCC3)c1)CCC2. The Morgan fingerprint density at radius 1 is 0.867 bits per heavy atom. The molecule has 1 aromatic carbocycles. The quantitative estimate of drug-likeness (QED) is 0.674. The van der Waals surface area contributed by atoms with Gasteiger partial charge in [0, 0.05) is 18.8 Å². The minimum atomic E-state index is 1.27. The molecule has 0 radical (unpaired) electrons. The van der Waals surface area contributed by atoms with Crippen LogP contribution >= 0.6 is 0 Å². The van der Waals surface area contributed by atoms with Crippen molar-refractivity contribution in [3.8, 4) is 0 Å². The average Bonchev–Trinajstić information content (AvgIpc) is 2.78. The van der Waals surface area contributed by atoms with E-state index in [4.69, 9.17) is 0 Å². The topological polar surface area (TPSA) is 3.24 Å². The van der Waals surface area contributed by atoms with Crippen LogP contribution in [-0.2, 0) is 12.8 Å². The van der Waals surface area contributed by atoms with Crippen LogP contribution in [0.5, 0.6) is 0 Å². The first-order chi connectivity index (χ1) is 7.45. The Hall–Kier alpha value is -0.980. The van der Waals surface area contributed by atoms with Crippen LogP contribution in [0.3, 0.4) is 0 Å². The van der Waals surface area contributed by atoms with E-state index in [0.29, 0.717) is 0 Å². The van der Waals surface area contributed by atoms with Crippen molar-refractivity contribution >= 4 is 5.69 Å². The van der Waals surface area contributed by atoms with E-state index in [0.717, 1.165) is 0 Å². The fourth-order valence-corrected chi connectivity index (χ4v) is 3.03. The highest BCUT2D eigenvalue weighted by molar-refractivity contribution is 5.58. The van der Waals surface area contributed by atoms with Gasteiger partial charge in [-0.3, -0.25) is 0 Å². The van der Waals surface area contributed by atoms with Crippen LogP contribution in [0.15, 0.2) is 18.2 Å². The second-order valence-electron chi connectivity index (χ2n) is 4.82. The van der Waals surface area contributed by atoms with Crippen LogP contribution in [-0.4, -0.2) is 13.1 Å². The van der Waals surface area contributed by atoms with Crippen molar-refractivity contribution in [1.82, 2.24) is 0 Å². The van der Waals surface area contributed by atoms with Crippen LogP contribution < -0.4 is 4.90 Å². The Balaban J connectivity index is 1.93. The normalized spacial score (nSPS) is 20.4. The Morgan fingerprint density at radius 2 is 1.73 bits per heavy atom. The molecular formula is C14H19N. The first kappa shape index (κ1) is 9.26. The zero-order valence-corrected chi connectivity index (χ0v) is 9.34. The summed E-state index contributed by atoms with van der Waals surface area (Å²) in [6.45, 7) is 2.55. The van der Waals surface area contributed by atoms with Gasteiger partial charge in [-0.05, 0) is 55.7 Å². The highest BCUT2D eigenvalue weighted by Crippen LogP contribution is 2.32. The summed E-state index contributed by atoms with van der Waals surface area (Å²) in [5.41, 5.74) is 4.81. The molecule has 1 heteroatoms. The van der Waals surface area contributed by atoms with Crippen molar-refractivity contribution in [3.05, 3.63) is 29.3 Å². The predicted octanol–water partition coefficient (Wildman–Crippen LogP) is 3.17. The molecule has 3 rings (SSSR count). The Kier molecular flexibility index (Phi) is 2.40. The van der Waals surface area contributed by atoms with E-state index in [1.54, 1.807) is 16.8 Å². The van der Waals surface area contributed by atoms with Gasteiger partial charge in [0.05, 0.1) is 0 Å². The molecule has 0 spiro atoms. The second kappa shape index (κ2) is 3.88. The molecule has 1 aromatic rings. The molecule has 1 nitrogen and oxygen atoms in total. The fourth-order valence-electron chi connectivity index (χ4n) is 3.03. The maximum Gasteiger partial charge on any atom is 0.0401 e. The molecule has 1 heterocycles. The maximum absolute atomic E-state index is 2.60. The van der Waals surface area contributed by atoms with E-state index < -0.39 is 0 Å². The van der Waals surface area contributed by atoms with Crippen molar-refractivity contribution < 1.29 is 0 Å². The van der Waals surface area contributed by atoms with E-state index in [2.05, 4.69) is 23.1 Å². The largest absolute Gasteiger partial charge is 0.371 e. The van der Waals surface area contributed by atoms with Crippen molar-refractivity contribution in [2.75, 3.05) is 18.0 Å². The Labute approximate surface area is 92.1 Å². The Bertz CT molecular complexity index is 350. The molecule has 2 aliphatic rings. The molecule has 0 amide bonds. The molecular weight excluding hydrogens is 182 g/mol. The molecule has 0 aromatic heterocycles. The summed E-state index contributed by atoms with van der Waals surface area (Å²) in [7, 11) is 0. The molecule has 1 aliphatic carbocycles. The van der Waals surface area contributed by atoms with E-state index >= 15 is 0 Å². The minimum absolute atomic E-state index is 1.27. The number of hydrogen-bond donors (Lipinski definition) is 0. The monoisotopic (exact) mass is 201 g/mol. The summed E-state index contributed by atoms with van der Waals surface area (Å²) in [6.07, 6.45) is 8.15. The van der Waals surface area contributed by atoms with Crippen LogP contribution in [0.1, 0.15) is 36.8 Å². The molecule has 80 valence electrons. The lowest BCUT2D eigenvalue weighted by molar-refractivity contribution is 0.576. The van der Waals surface area contributed by atoms with Gasteiger partial charge in [0.25, 0.3) is 0 Å². The molecule has 0 unspecified atom stereocenters. The lowest BCUT2D eigenvalue weighted by atomic mass is 10.0. The van der Waals surface area contributed by atoms with Gasteiger partial charge in [0.2, 0.25) is 0 Å². The minimum Gasteiger partial charge on any atom is -0.371 e. The van der Waals surface area contributed by atoms with Crippen LogP contribution in [0.2, 0.25) is 0 Å².